The molecule has 6 heteroatoms. The van der Waals surface area contributed by atoms with Crippen LogP contribution in [0.5, 0.6) is 11.5 Å². The van der Waals surface area contributed by atoms with Crippen molar-refractivity contribution in [2.24, 2.45) is 0 Å². The lowest BCUT2D eigenvalue weighted by atomic mass is 10.2. The van der Waals surface area contributed by atoms with Crippen LogP contribution in [0.2, 0.25) is 0 Å². The van der Waals surface area contributed by atoms with Crippen LogP contribution < -0.4 is 9.47 Å². The van der Waals surface area contributed by atoms with Gasteiger partial charge in [-0.1, -0.05) is 0 Å². The van der Waals surface area contributed by atoms with Crippen LogP contribution >= 0.6 is 11.3 Å². The molecule has 2 unspecified atom stereocenters. The lowest BCUT2D eigenvalue weighted by Crippen LogP contribution is -2.03. The summed E-state index contributed by atoms with van der Waals surface area (Å²) in [6.45, 7) is 2.86. The van der Waals surface area contributed by atoms with E-state index in [9.17, 15) is 0 Å². The van der Waals surface area contributed by atoms with E-state index in [1.807, 2.05) is 42.6 Å². The number of aromatic nitrogens is 1. The molecule has 2 aliphatic rings. The molecule has 0 aliphatic carbocycles. The minimum absolute atomic E-state index is 0.269. The quantitative estimate of drug-likeness (QED) is 0.552. The van der Waals surface area contributed by atoms with E-state index in [4.69, 9.17) is 18.9 Å². The maximum atomic E-state index is 5.69. The third kappa shape index (κ3) is 4.30. The van der Waals surface area contributed by atoms with E-state index in [0.717, 1.165) is 45.7 Å². The van der Waals surface area contributed by atoms with Crippen molar-refractivity contribution in [1.29, 1.82) is 0 Å². The topological polar surface area (TPSA) is 56.4 Å². The third-order valence-electron chi connectivity index (χ3n) is 4.42. The molecule has 2 aromatic carbocycles. The molecule has 3 heterocycles. The molecule has 2 saturated heterocycles. The number of benzene rings is 2. The zero-order chi connectivity index (χ0) is 18.1. The molecule has 0 N–H and O–H groups in total. The molecule has 138 valence electrons. The van der Waals surface area contributed by atoms with Crippen LogP contribution in [-0.2, 0) is 9.47 Å². The molecule has 0 amide bonds. The number of rotatable bonds is 8. The van der Waals surface area contributed by atoms with Crippen molar-refractivity contribution in [3.05, 3.63) is 54.7 Å². The molecule has 0 radical (unpaired) electrons. The highest BCUT2D eigenvalue weighted by Crippen LogP contribution is 2.33. The maximum Gasteiger partial charge on any atom is 0.123 e. The minimum atomic E-state index is 0.269. The third-order valence-corrected chi connectivity index (χ3v) is 5.52. The molecule has 5 rings (SSSR count). The Balaban J connectivity index is 1.24. The van der Waals surface area contributed by atoms with E-state index in [-0.39, 0.29) is 12.2 Å². The van der Waals surface area contributed by atoms with Crippen LogP contribution in [0.3, 0.4) is 0 Å². The van der Waals surface area contributed by atoms with Gasteiger partial charge in [0.1, 0.15) is 41.9 Å². The molecule has 2 aliphatic heterocycles. The first-order chi connectivity index (χ1) is 13.3. The average molecular weight is 381 g/mol. The number of thiazole rings is 1. The summed E-state index contributed by atoms with van der Waals surface area (Å²) >= 11 is 1.67. The Hall–Kier alpha value is -2.41. The van der Waals surface area contributed by atoms with Crippen LogP contribution in [0.1, 0.15) is 0 Å². The standard InChI is InChI=1S/C21H19NO4S/c1-5-16(23-10-18-12-25-18)6-2-14(1)20-9-22-21(27-20)15-3-7-17(8-4-15)24-11-19-13-26-19/h1-9,18-19H,10-13H2. The highest BCUT2D eigenvalue weighted by Gasteiger charge is 2.23. The Morgan fingerprint density at radius 3 is 1.85 bits per heavy atom. The van der Waals surface area contributed by atoms with Gasteiger partial charge < -0.3 is 18.9 Å². The summed E-state index contributed by atoms with van der Waals surface area (Å²) in [4.78, 5) is 5.71. The molecule has 2 fully saturated rings. The molecule has 0 bridgehead atoms. The number of nitrogens with zero attached hydrogens (tertiary/aromatic N) is 1. The number of epoxide rings is 2. The van der Waals surface area contributed by atoms with Crippen molar-refractivity contribution in [3.8, 4) is 32.5 Å². The Bertz CT molecular complexity index is 825. The first kappa shape index (κ1) is 16.7. The van der Waals surface area contributed by atoms with Crippen molar-refractivity contribution >= 4 is 11.3 Å². The van der Waals surface area contributed by atoms with Gasteiger partial charge in [-0.25, -0.2) is 4.98 Å². The van der Waals surface area contributed by atoms with E-state index < -0.39 is 0 Å². The van der Waals surface area contributed by atoms with Crippen LogP contribution in [0.4, 0.5) is 0 Å². The van der Waals surface area contributed by atoms with Crippen LogP contribution in [0, 0.1) is 0 Å². The Morgan fingerprint density at radius 2 is 1.33 bits per heavy atom. The monoisotopic (exact) mass is 381 g/mol. The molecule has 27 heavy (non-hydrogen) atoms. The van der Waals surface area contributed by atoms with E-state index in [1.165, 1.54) is 0 Å². The largest absolute Gasteiger partial charge is 0.491 e. The fourth-order valence-electron chi connectivity index (χ4n) is 2.66. The summed E-state index contributed by atoms with van der Waals surface area (Å²) in [5.41, 5.74) is 2.23. The van der Waals surface area contributed by atoms with Gasteiger partial charge in [0.15, 0.2) is 0 Å². The van der Waals surface area contributed by atoms with E-state index in [0.29, 0.717) is 13.2 Å². The fraction of sp³-hybridized carbons (Fsp3) is 0.286. The van der Waals surface area contributed by atoms with Crippen LogP contribution in [0.15, 0.2) is 54.7 Å². The van der Waals surface area contributed by atoms with Gasteiger partial charge in [-0.05, 0) is 54.1 Å². The van der Waals surface area contributed by atoms with Gasteiger partial charge >= 0.3 is 0 Å². The number of hydrogen-bond donors (Lipinski definition) is 0. The molecule has 0 spiro atoms. The lowest BCUT2D eigenvalue weighted by molar-refractivity contribution is 0.263. The first-order valence-electron chi connectivity index (χ1n) is 8.99. The molecule has 1 aromatic heterocycles. The number of ether oxygens (including phenoxy) is 4. The van der Waals surface area contributed by atoms with Gasteiger partial charge in [0.05, 0.1) is 18.1 Å². The second kappa shape index (κ2) is 7.31. The van der Waals surface area contributed by atoms with Gasteiger partial charge in [-0.2, -0.15) is 0 Å². The highest BCUT2D eigenvalue weighted by molar-refractivity contribution is 7.18. The average Bonchev–Trinajstić information content (AvgIpc) is 3.65. The predicted molar refractivity (Wildman–Crippen MR) is 103 cm³/mol. The predicted octanol–water partition coefficient (Wildman–Crippen LogP) is 4.03. The van der Waals surface area contributed by atoms with Gasteiger partial charge in [-0.3, -0.25) is 0 Å². The van der Waals surface area contributed by atoms with E-state index >= 15 is 0 Å². The molecular weight excluding hydrogens is 362 g/mol. The summed E-state index contributed by atoms with van der Waals surface area (Å²) in [5, 5.41) is 0.994. The van der Waals surface area contributed by atoms with Gasteiger partial charge in [-0.15, -0.1) is 11.3 Å². The fourth-order valence-corrected chi connectivity index (χ4v) is 3.58. The maximum absolute atomic E-state index is 5.69. The normalized spacial score (nSPS) is 20.3. The van der Waals surface area contributed by atoms with Crippen molar-refractivity contribution in [2.45, 2.75) is 12.2 Å². The zero-order valence-electron chi connectivity index (χ0n) is 14.7. The smallest absolute Gasteiger partial charge is 0.123 e. The second-order valence-electron chi connectivity index (χ2n) is 6.61. The zero-order valence-corrected chi connectivity index (χ0v) is 15.5. The summed E-state index contributed by atoms with van der Waals surface area (Å²) < 4.78 is 21.7. The summed E-state index contributed by atoms with van der Waals surface area (Å²) in [6, 6.07) is 16.2. The van der Waals surface area contributed by atoms with Crippen LogP contribution in [0.25, 0.3) is 21.0 Å². The molecule has 5 nitrogen and oxygen atoms in total. The van der Waals surface area contributed by atoms with Gasteiger partial charge in [0.25, 0.3) is 0 Å². The van der Waals surface area contributed by atoms with Gasteiger partial charge in [0, 0.05) is 11.8 Å². The summed E-state index contributed by atoms with van der Waals surface area (Å²) in [7, 11) is 0. The van der Waals surface area contributed by atoms with E-state index in [2.05, 4.69) is 17.1 Å². The van der Waals surface area contributed by atoms with E-state index in [1.54, 1.807) is 11.3 Å². The van der Waals surface area contributed by atoms with Gasteiger partial charge in [0.2, 0.25) is 0 Å². The molecule has 0 saturated carbocycles. The Kier molecular flexibility index (Phi) is 4.53. The SMILES string of the molecule is c1cc(-c2cnc(-c3ccc(OCC4CO4)cc3)s2)ccc1OCC1CO1. The minimum Gasteiger partial charge on any atom is -0.491 e. The van der Waals surface area contributed by atoms with Crippen molar-refractivity contribution in [2.75, 3.05) is 26.4 Å². The van der Waals surface area contributed by atoms with Crippen molar-refractivity contribution in [3.63, 3.8) is 0 Å². The number of hydrogen-bond acceptors (Lipinski definition) is 6. The van der Waals surface area contributed by atoms with Crippen molar-refractivity contribution in [1.82, 2.24) is 4.98 Å². The van der Waals surface area contributed by atoms with Crippen molar-refractivity contribution < 1.29 is 18.9 Å². The second-order valence-corrected chi connectivity index (χ2v) is 7.64. The summed E-state index contributed by atoms with van der Waals surface area (Å²) in [5.74, 6) is 1.73. The first-order valence-corrected chi connectivity index (χ1v) is 9.81. The molecule has 3 aromatic rings. The highest BCUT2D eigenvalue weighted by atomic mass is 32.1. The summed E-state index contributed by atoms with van der Waals surface area (Å²) in [6.07, 6.45) is 2.46. The Morgan fingerprint density at radius 1 is 0.815 bits per heavy atom. The van der Waals surface area contributed by atoms with Crippen LogP contribution in [-0.4, -0.2) is 43.6 Å². The molecular formula is C21H19NO4S. The lowest BCUT2D eigenvalue weighted by Gasteiger charge is -2.05. The Labute approximate surface area is 161 Å². The molecule has 2 atom stereocenters.